The van der Waals surface area contributed by atoms with Crippen molar-refractivity contribution < 1.29 is 9.53 Å². The third kappa shape index (κ3) is 7.98. The van der Waals surface area contributed by atoms with Crippen LogP contribution in [-0.4, -0.2) is 36.6 Å². The zero-order valence-corrected chi connectivity index (χ0v) is 10.0. The Kier molecular flexibility index (Phi) is 7.38. The van der Waals surface area contributed by atoms with Crippen molar-refractivity contribution in [2.75, 3.05) is 20.7 Å². The lowest BCUT2D eigenvalue weighted by atomic mass is 10.1. The predicted octanol–water partition coefficient (Wildman–Crippen LogP) is 2.00. The second-order valence-corrected chi connectivity index (χ2v) is 3.87. The molecule has 0 atom stereocenters. The highest BCUT2D eigenvalue weighted by Crippen LogP contribution is 2.01. The SMILES string of the molecule is CC(=O)CCCCCOC(=S)N(C)C. The molecule has 0 spiro atoms. The van der Waals surface area contributed by atoms with Crippen LogP contribution >= 0.6 is 12.2 Å². The highest BCUT2D eigenvalue weighted by atomic mass is 32.1. The summed E-state index contributed by atoms with van der Waals surface area (Å²) < 4.78 is 5.28. The summed E-state index contributed by atoms with van der Waals surface area (Å²) >= 11 is 4.95. The van der Waals surface area contributed by atoms with E-state index in [1.54, 1.807) is 11.8 Å². The third-order valence-corrected chi connectivity index (χ3v) is 2.25. The molecule has 0 aliphatic rings. The largest absolute Gasteiger partial charge is 0.471 e. The van der Waals surface area contributed by atoms with Crippen LogP contribution < -0.4 is 0 Å². The zero-order chi connectivity index (χ0) is 11.0. The van der Waals surface area contributed by atoms with E-state index in [-0.39, 0.29) is 5.78 Å². The molecule has 0 aromatic rings. The molecule has 0 unspecified atom stereocenters. The van der Waals surface area contributed by atoms with Gasteiger partial charge in [-0.1, -0.05) is 0 Å². The fourth-order valence-electron chi connectivity index (χ4n) is 0.941. The fourth-order valence-corrected chi connectivity index (χ4v) is 1.02. The lowest BCUT2D eigenvalue weighted by Crippen LogP contribution is -2.22. The lowest BCUT2D eigenvalue weighted by Gasteiger charge is -2.13. The first-order valence-electron chi connectivity index (χ1n) is 4.87. The topological polar surface area (TPSA) is 29.5 Å². The first-order chi connectivity index (χ1) is 6.54. The van der Waals surface area contributed by atoms with Gasteiger partial charge < -0.3 is 14.4 Å². The van der Waals surface area contributed by atoms with Crippen LogP contribution in [-0.2, 0) is 9.53 Å². The standard InChI is InChI=1S/C10H19NO2S/c1-9(12)7-5-4-6-8-13-10(14)11(2)3/h4-8H2,1-3H3. The first-order valence-corrected chi connectivity index (χ1v) is 5.28. The molecule has 0 heterocycles. The molecule has 0 N–H and O–H groups in total. The minimum atomic E-state index is 0.259. The molecule has 82 valence electrons. The van der Waals surface area contributed by atoms with E-state index in [9.17, 15) is 4.79 Å². The van der Waals surface area contributed by atoms with Crippen molar-refractivity contribution in [1.82, 2.24) is 4.90 Å². The maximum absolute atomic E-state index is 10.6. The second kappa shape index (κ2) is 7.74. The van der Waals surface area contributed by atoms with Gasteiger partial charge in [0.2, 0.25) is 0 Å². The summed E-state index contributed by atoms with van der Waals surface area (Å²) in [6.07, 6.45) is 3.61. The van der Waals surface area contributed by atoms with Crippen LogP contribution in [0.15, 0.2) is 0 Å². The van der Waals surface area contributed by atoms with E-state index >= 15 is 0 Å². The normalized spacial score (nSPS) is 9.64. The molecule has 0 aromatic heterocycles. The molecule has 0 radical (unpaired) electrons. The maximum atomic E-state index is 10.6. The highest BCUT2D eigenvalue weighted by Gasteiger charge is 1.99. The summed E-state index contributed by atoms with van der Waals surface area (Å²) in [6.45, 7) is 2.27. The van der Waals surface area contributed by atoms with Gasteiger partial charge in [-0.05, 0) is 38.4 Å². The molecule has 3 nitrogen and oxygen atoms in total. The molecule has 0 aliphatic heterocycles. The fraction of sp³-hybridized carbons (Fsp3) is 0.800. The Morgan fingerprint density at radius 3 is 2.43 bits per heavy atom. The van der Waals surface area contributed by atoms with Crippen LogP contribution in [0, 0.1) is 0 Å². The van der Waals surface area contributed by atoms with E-state index in [4.69, 9.17) is 17.0 Å². The van der Waals surface area contributed by atoms with Crippen molar-refractivity contribution in [3.63, 3.8) is 0 Å². The van der Waals surface area contributed by atoms with Crippen molar-refractivity contribution in [3.8, 4) is 0 Å². The Morgan fingerprint density at radius 2 is 1.93 bits per heavy atom. The zero-order valence-electron chi connectivity index (χ0n) is 9.21. The molecule has 0 amide bonds. The molecule has 0 rings (SSSR count). The van der Waals surface area contributed by atoms with Crippen molar-refractivity contribution in [3.05, 3.63) is 0 Å². The number of thiocarbonyl (C=S) groups is 1. The highest BCUT2D eigenvalue weighted by molar-refractivity contribution is 7.80. The van der Waals surface area contributed by atoms with E-state index in [2.05, 4.69) is 0 Å². The van der Waals surface area contributed by atoms with Crippen LogP contribution in [0.4, 0.5) is 0 Å². The molecular weight excluding hydrogens is 198 g/mol. The van der Waals surface area contributed by atoms with E-state index in [0.29, 0.717) is 18.2 Å². The number of hydrogen-bond donors (Lipinski definition) is 0. The van der Waals surface area contributed by atoms with Gasteiger partial charge in [0.1, 0.15) is 5.78 Å². The molecular formula is C10H19NO2S. The third-order valence-electron chi connectivity index (χ3n) is 1.76. The maximum Gasteiger partial charge on any atom is 0.258 e. The average molecular weight is 217 g/mol. The van der Waals surface area contributed by atoms with Gasteiger partial charge in [0.25, 0.3) is 5.17 Å². The molecule has 0 aromatic carbocycles. The van der Waals surface area contributed by atoms with Crippen LogP contribution in [0.3, 0.4) is 0 Å². The summed E-state index contributed by atoms with van der Waals surface area (Å²) in [5.74, 6) is 0.259. The van der Waals surface area contributed by atoms with Crippen molar-refractivity contribution in [1.29, 1.82) is 0 Å². The average Bonchev–Trinajstić information content (AvgIpc) is 2.09. The van der Waals surface area contributed by atoms with Crippen molar-refractivity contribution in [2.24, 2.45) is 0 Å². The minimum Gasteiger partial charge on any atom is -0.471 e. The lowest BCUT2D eigenvalue weighted by molar-refractivity contribution is -0.117. The van der Waals surface area contributed by atoms with Gasteiger partial charge >= 0.3 is 0 Å². The monoisotopic (exact) mass is 217 g/mol. The Hall–Kier alpha value is -0.640. The van der Waals surface area contributed by atoms with Gasteiger partial charge in [0.15, 0.2) is 0 Å². The van der Waals surface area contributed by atoms with Gasteiger partial charge in [-0.25, -0.2) is 0 Å². The van der Waals surface area contributed by atoms with Crippen LogP contribution in [0.25, 0.3) is 0 Å². The molecule has 0 saturated carbocycles. The van der Waals surface area contributed by atoms with Crippen molar-refractivity contribution >= 4 is 23.2 Å². The summed E-state index contributed by atoms with van der Waals surface area (Å²) in [5, 5.41) is 0.525. The Morgan fingerprint density at radius 1 is 1.29 bits per heavy atom. The van der Waals surface area contributed by atoms with Gasteiger partial charge in [-0.3, -0.25) is 0 Å². The van der Waals surface area contributed by atoms with Crippen LogP contribution in [0.5, 0.6) is 0 Å². The van der Waals surface area contributed by atoms with Crippen molar-refractivity contribution in [2.45, 2.75) is 32.6 Å². The molecule has 4 heteroatoms. The molecule has 0 bridgehead atoms. The first kappa shape index (κ1) is 13.4. The van der Waals surface area contributed by atoms with Gasteiger partial charge in [0.05, 0.1) is 6.61 Å². The smallest absolute Gasteiger partial charge is 0.258 e. The van der Waals surface area contributed by atoms with Gasteiger partial charge in [-0.2, -0.15) is 0 Å². The molecule has 0 aliphatic carbocycles. The number of nitrogens with zero attached hydrogens (tertiary/aromatic N) is 1. The summed E-state index contributed by atoms with van der Waals surface area (Å²) in [4.78, 5) is 12.4. The number of carbonyl (C=O) groups excluding carboxylic acids is 1. The number of carbonyl (C=O) groups is 1. The summed E-state index contributed by atoms with van der Waals surface area (Å²) in [6, 6.07) is 0. The number of ether oxygens (including phenoxy) is 1. The summed E-state index contributed by atoms with van der Waals surface area (Å²) in [7, 11) is 3.72. The van der Waals surface area contributed by atoms with E-state index < -0.39 is 0 Å². The number of hydrogen-bond acceptors (Lipinski definition) is 3. The van der Waals surface area contributed by atoms with E-state index in [0.717, 1.165) is 19.3 Å². The quantitative estimate of drug-likeness (QED) is 0.503. The second-order valence-electron chi connectivity index (χ2n) is 3.52. The number of unbranched alkanes of at least 4 members (excludes halogenated alkanes) is 2. The molecule has 0 fully saturated rings. The van der Waals surface area contributed by atoms with Crippen LogP contribution in [0.1, 0.15) is 32.6 Å². The number of ketones is 1. The van der Waals surface area contributed by atoms with Crippen LogP contribution in [0.2, 0.25) is 0 Å². The van der Waals surface area contributed by atoms with Gasteiger partial charge in [-0.15, -0.1) is 0 Å². The summed E-state index contributed by atoms with van der Waals surface area (Å²) in [5.41, 5.74) is 0. The Bertz CT molecular complexity index is 193. The minimum absolute atomic E-state index is 0.259. The Balaban J connectivity index is 3.22. The van der Waals surface area contributed by atoms with E-state index in [1.807, 2.05) is 14.1 Å². The molecule has 0 saturated heterocycles. The molecule has 14 heavy (non-hydrogen) atoms. The van der Waals surface area contributed by atoms with Gasteiger partial charge in [0, 0.05) is 20.5 Å². The predicted molar refractivity (Wildman–Crippen MR) is 61.4 cm³/mol. The van der Waals surface area contributed by atoms with E-state index in [1.165, 1.54) is 0 Å². The Labute approximate surface area is 91.4 Å². The number of rotatable bonds is 6. The number of Topliss-reactive ketones (excluding diaryl/α,β-unsaturated/α-hetero) is 1.